The van der Waals surface area contributed by atoms with Gasteiger partial charge >= 0.3 is 0 Å². The molecule has 0 aromatic carbocycles. The Labute approximate surface area is 79.3 Å². The van der Waals surface area contributed by atoms with E-state index in [0.29, 0.717) is 11.3 Å². The number of hydrogen-bond acceptors (Lipinski definition) is 2. The van der Waals surface area contributed by atoms with Gasteiger partial charge in [0.05, 0.1) is 6.04 Å². The predicted molar refractivity (Wildman–Crippen MR) is 51.1 cm³/mol. The van der Waals surface area contributed by atoms with Crippen LogP contribution in [0, 0.1) is 11.3 Å². The van der Waals surface area contributed by atoms with E-state index in [2.05, 4.69) is 13.8 Å². The quantitative estimate of drug-likeness (QED) is 0.679. The molecule has 2 unspecified atom stereocenters. The molecule has 1 aliphatic carbocycles. The molecule has 2 rings (SSSR count). The molecule has 2 N–H and O–H groups in total. The van der Waals surface area contributed by atoms with Crippen molar-refractivity contribution in [3.05, 3.63) is 0 Å². The van der Waals surface area contributed by atoms with Gasteiger partial charge in [0.25, 0.3) is 0 Å². The van der Waals surface area contributed by atoms with Crippen molar-refractivity contribution >= 4 is 5.91 Å². The highest BCUT2D eigenvalue weighted by Crippen LogP contribution is 2.52. The molecule has 0 bridgehead atoms. The van der Waals surface area contributed by atoms with Gasteiger partial charge in [0.1, 0.15) is 0 Å². The minimum absolute atomic E-state index is 0.155. The fourth-order valence-electron chi connectivity index (χ4n) is 2.10. The molecule has 0 aromatic rings. The van der Waals surface area contributed by atoms with Crippen LogP contribution >= 0.6 is 0 Å². The summed E-state index contributed by atoms with van der Waals surface area (Å²) in [5.41, 5.74) is 6.11. The molecule has 1 saturated carbocycles. The fraction of sp³-hybridized carbons (Fsp3) is 0.900. The molecule has 0 spiro atoms. The Morgan fingerprint density at radius 2 is 2.23 bits per heavy atom. The molecule has 1 aliphatic heterocycles. The third-order valence-electron chi connectivity index (χ3n) is 3.50. The molecule has 1 amide bonds. The van der Waals surface area contributed by atoms with Gasteiger partial charge in [0.15, 0.2) is 0 Å². The predicted octanol–water partition coefficient (Wildman–Crippen LogP) is 0.592. The number of amides is 1. The topological polar surface area (TPSA) is 46.3 Å². The molecule has 13 heavy (non-hydrogen) atoms. The molecule has 2 aliphatic rings. The Hall–Kier alpha value is -0.570. The molecule has 74 valence electrons. The first-order chi connectivity index (χ1) is 6.00. The number of nitrogens with zero attached hydrogens (tertiary/aromatic N) is 1. The average molecular weight is 182 g/mol. The summed E-state index contributed by atoms with van der Waals surface area (Å²) in [7, 11) is 0. The van der Waals surface area contributed by atoms with Crippen molar-refractivity contribution in [2.45, 2.75) is 32.7 Å². The molecule has 3 nitrogen and oxygen atoms in total. The summed E-state index contributed by atoms with van der Waals surface area (Å²) < 4.78 is 0. The maximum Gasteiger partial charge on any atom is 0.239 e. The zero-order valence-corrected chi connectivity index (χ0v) is 8.42. The van der Waals surface area contributed by atoms with Gasteiger partial charge in [0, 0.05) is 13.1 Å². The Kier molecular flexibility index (Phi) is 1.88. The fourth-order valence-corrected chi connectivity index (χ4v) is 2.10. The van der Waals surface area contributed by atoms with E-state index in [9.17, 15) is 4.79 Å². The molecule has 0 aromatic heterocycles. The van der Waals surface area contributed by atoms with Crippen molar-refractivity contribution in [1.29, 1.82) is 0 Å². The highest BCUT2D eigenvalue weighted by atomic mass is 16.2. The van der Waals surface area contributed by atoms with Gasteiger partial charge in [-0.1, -0.05) is 13.8 Å². The molecule has 2 atom stereocenters. The highest BCUT2D eigenvalue weighted by molar-refractivity contribution is 5.83. The van der Waals surface area contributed by atoms with Gasteiger partial charge in [-0.3, -0.25) is 4.79 Å². The van der Waals surface area contributed by atoms with Crippen molar-refractivity contribution in [3.63, 3.8) is 0 Å². The maximum atomic E-state index is 11.5. The van der Waals surface area contributed by atoms with Crippen LogP contribution in [0.2, 0.25) is 0 Å². The second kappa shape index (κ2) is 2.71. The Morgan fingerprint density at radius 3 is 2.62 bits per heavy atom. The van der Waals surface area contributed by atoms with Gasteiger partial charge in [-0.25, -0.2) is 0 Å². The summed E-state index contributed by atoms with van der Waals surface area (Å²) in [5, 5.41) is 0. The minimum Gasteiger partial charge on any atom is -0.341 e. The lowest BCUT2D eigenvalue weighted by Gasteiger charge is -2.16. The largest absolute Gasteiger partial charge is 0.341 e. The third kappa shape index (κ3) is 1.57. The van der Waals surface area contributed by atoms with Crippen molar-refractivity contribution in [1.82, 2.24) is 4.90 Å². The molecule has 0 radical (unpaired) electrons. The zero-order valence-electron chi connectivity index (χ0n) is 8.42. The van der Waals surface area contributed by atoms with Crippen LogP contribution in [0.5, 0.6) is 0 Å². The van der Waals surface area contributed by atoms with Crippen LogP contribution in [-0.2, 0) is 4.79 Å². The van der Waals surface area contributed by atoms with E-state index in [1.807, 2.05) is 4.90 Å². The van der Waals surface area contributed by atoms with Crippen LogP contribution in [0.4, 0.5) is 0 Å². The van der Waals surface area contributed by atoms with E-state index in [4.69, 9.17) is 5.73 Å². The standard InChI is InChI=1S/C10H18N2O/c1-10(2)5-7(10)6-12-4-3-8(11)9(12)13/h7-8H,3-6,11H2,1-2H3. The lowest BCUT2D eigenvalue weighted by Crippen LogP contribution is -2.35. The molecule has 3 heteroatoms. The third-order valence-corrected chi connectivity index (χ3v) is 3.50. The number of carbonyl (C=O) groups is 1. The van der Waals surface area contributed by atoms with Crippen LogP contribution in [0.1, 0.15) is 26.7 Å². The number of carbonyl (C=O) groups excluding carboxylic acids is 1. The maximum absolute atomic E-state index is 11.5. The van der Waals surface area contributed by atoms with Crippen LogP contribution in [0.25, 0.3) is 0 Å². The van der Waals surface area contributed by atoms with E-state index < -0.39 is 0 Å². The first kappa shape index (κ1) is 9.00. The average Bonchev–Trinajstić information content (AvgIpc) is 2.53. The monoisotopic (exact) mass is 182 g/mol. The summed E-state index contributed by atoms with van der Waals surface area (Å²) in [6.45, 7) is 6.32. The van der Waals surface area contributed by atoms with Gasteiger partial charge in [-0.2, -0.15) is 0 Å². The Morgan fingerprint density at radius 1 is 1.62 bits per heavy atom. The van der Waals surface area contributed by atoms with Gasteiger partial charge in [-0.05, 0) is 24.2 Å². The lowest BCUT2D eigenvalue weighted by atomic mass is 10.1. The summed E-state index contributed by atoms with van der Waals surface area (Å²) >= 11 is 0. The van der Waals surface area contributed by atoms with Crippen LogP contribution in [0.3, 0.4) is 0 Å². The van der Waals surface area contributed by atoms with Crippen LogP contribution < -0.4 is 5.73 Å². The summed E-state index contributed by atoms with van der Waals surface area (Å²) in [6, 6.07) is -0.220. The first-order valence-electron chi connectivity index (χ1n) is 5.05. The zero-order chi connectivity index (χ0) is 9.64. The molecular formula is C10H18N2O. The second-order valence-electron chi connectivity index (χ2n) is 5.07. The first-order valence-corrected chi connectivity index (χ1v) is 5.05. The molecule has 1 saturated heterocycles. The van der Waals surface area contributed by atoms with E-state index in [1.54, 1.807) is 0 Å². The van der Waals surface area contributed by atoms with E-state index in [1.165, 1.54) is 6.42 Å². The highest BCUT2D eigenvalue weighted by Gasteiger charge is 2.47. The van der Waals surface area contributed by atoms with Crippen LogP contribution in [-0.4, -0.2) is 29.9 Å². The normalized spacial score (nSPS) is 36.8. The minimum atomic E-state index is -0.220. The van der Waals surface area contributed by atoms with Gasteiger partial charge in [-0.15, -0.1) is 0 Å². The smallest absolute Gasteiger partial charge is 0.239 e. The molecule has 1 heterocycles. The summed E-state index contributed by atoms with van der Waals surface area (Å²) in [5.74, 6) is 0.865. The van der Waals surface area contributed by atoms with Crippen molar-refractivity contribution in [2.75, 3.05) is 13.1 Å². The van der Waals surface area contributed by atoms with E-state index in [0.717, 1.165) is 19.5 Å². The molecule has 2 fully saturated rings. The number of hydrogen-bond donors (Lipinski definition) is 1. The van der Waals surface area contributed by atoms with Crippen molar-refractivity contribution in [2.24, 2.45) is 17.1 Å². The number of likely N-dealkylation sites (tertiary alicyclic amines) is 1. The Bertz CT molecular complexity index is 237. The second-order valence-corrected chi connectivity index (χ2v) is 5.07. The van der Waals surface area contributed by atoms with Gasteiger partial charge in [0.2, 0.25) is 5.91 Å². The SMILES string of the molecule is CC1(C)CC1CN1CCC(N)C1=O. The summed E-state index contributed by atoms with van der Waals surface area (Å²) in [4.78, 5) is 13.4. The van der Waals surface area contributed by atoms with Crippen LogP contribution in [0.15, 0.2) is 0 Å². The molecular weight excluding hydrogens is 164 g/mol. The van der Waals surface area contributed by atoms with Crippen molar-refractivity contribution in [3.8, 4) is 0 Å². The van der Waals surface area contributed by atoms with Gasteiger partial charge < -0.3 is 10.6 Å². The van der Waals surface area contributed by atoms with E-state index >= 15 is 0 Å². The lowest BCUT2D eigenvalue weighted by molar-refractivity contribution is -0.129. The Balaban J connectivity index is 1.87. The number of rotatable bonds is 2. The van der Waals surface area contributed by atoms with E-state index in [-0.39, 0.29) is 11.9 Å². The number of nitrogens with two attached hydrogens (primary N) is 1. The summed E-state index contributed by atoms with van der Waals surface area (Å²) in [6.07, 6.45) is 2.10. The van der Waals surface area contributed by atoms with Crippen molar-refractivity contribution < 1.29 is 4.79 Å².